The molecule has 0 saturated carbocycles. The van der Waals surface area contributed by atoms with Crippen molar-refractivity contribution >= 4 is 23.7 Å². The molecular formula is C21H22F3N3O5S. The minimum Gasteiger partial charge on any atom is -0.457 e. The summed E-state index contributed by atoms with van der Waals surface area (Å²) in [6.07, 6.45) is -4.76. The maximum Gasteiger partial charge on any atom is 0.573 e. The molecule has 8 nitrogen and oxygen atoms in total. The number of amides is 3. The normalized spacial score (nSPS) is 16.5. The van der Waals surface area contributed by atoms with Gasteiger partial charge in [-0.1, -0.05) is 0 Å². The molecule has 1 heterocycles. The first-order valence-corrected chi connectivity index (χ1v) is 10.8. The van der Waals surface area contributed by atoms with E-state index in [1.807, 2.05) is 0 Å². The van der Waals surface area contributed by atoms with Crippen LogP contribution in [0.15, 0.2) is 53.4 Å². The van der Waals surface area contributed by atoms with Crippen LogP contribution >= 0.6 is 11.8 Å². The van der Waals surface area contributed by atoms with E-state index < -0.39 is 24.0 Å². The Kier molecular flexibility index (Phi) is 7.40. The fraction of sp³-hybridized carbons (Fsp3) is 0.333. The number of halogens is 3. The first-order valence-electron chi connectivity index (χ1n) is 9.77. The smallest absolute Gasteiger partial charge is 0.457 e. The predicted octanol–water partition coefficient (Wildman–Crippen LogP) is 4.15. The number of hydroxylamine groups is 1. The van der Waals surface area contributed by atoms with E-state index in [9.17, 15) is 28.0 Å². The first-order chi connectivity index (χ1) is 15.5. The maximum atomic E-state index is 12.3. The van der Waals surface area contributed by atoms with Crippen molar-refractivity contribution in [2.45, 2.75) is 36.7 Å². The van der Waals surface area contributed by atoms with E-state index in [4.69, 9.17) is 4.74 Å². The monoisotopic (exact) mass is 485 g/mol. The van der Waals surface area contributed by atoms with Gasteiger partial charge in [0.2, 0.25) is 0 Å². The minimum atomic E-state index is -4.76. The number of benzene rings is 2. The second-order valence-electron chi connectivity index (χ2n) is 7.70. The zero-order valence-corrected chi connectivity index (χ0v) is 18.5. The van der Waals surface area contributed by atoms with Crippen molar-refractivity contribution < 1.29 is 37.4 Å². The number of nitrogens with zero attached hydrogens (tertiary/aromatic N) is 1. The van der Waals surface area contributed by atoms with Gasteiger partial charge in [-0.25, -0.2) is 4.79 Å². The number of hydrogen-bond acceptors (Lipinski definition) is 7. The number of hydrogen-bond donors (Lipinski definition) is 3. The van der Waals surface area contributed by atoms with Crippen molar-refractivity contribution in [2.24, 2.45) is 0 Å². The molecule has 1 atom stereocenters. The Morgan fingerprint density at radius 3 is 2.09 bits per heavy atom. The van der Waals surface area contributed by atoms with Crippen molar-refractivity contribution in [3.63, 3.8) is 0 Å². The van der Waals surface area contributed by atoms with Crippen LogP contribution in [0.3, 0.4) is 0 Å². The molecule has 1 fully saturated rings. The third-order valence-corrected chi connectivity index (χ3v) is 5.77. The molecule has 0 spiro atoms. The highest BCUT2D eigenvalue weighted by molar-refractivity contribution is 7.99. The SMILES string of the molecule is CC1(C)NC(=O)N(CC(CSc2ccc(Oc3ccc(OC(F)(F)F)cc3)cc2)NO)C1=O. The molecule has 1 aliphatic heterocycles. The Morgan fingerprint density at radius 1 is 1.06 bits per heavy atom. The van der Waals surface area contributed by atoms with Gasteiger partial charge in [0.05, 0.1) is 6.04 Å². The van der Waals surface area contributed by atoms with E-state index >= 15 is 0 Å². The number of alkyl halides is 3. The van der Waals surface area contributed by atoms with Crippen LogP contribution < -0.4 is 20.3 Å². The zero-order valence-electron chi connectivity index (χ0n) is 17.7. The van der Waals surface area contributed by atoms with Gasteiger partial charge in [-0.15, -0.1) is 24.9 Å². The molecule has 2 aromatic rings. The highest BCUT2D eigenvalue weighted by atomic mass is 32.2. The van der Waals surface area contributed by atoms with Gasteiger partial charge in [-0.3, -0.25) is 9.69 Å². The fourth-order valence-electron chi connectivity index (χ4n) is 2.98. The molecule has 3 N–H and O–H groups in total. The van der Waals surface area contributed by atoms with Crippen LogP contribution in [0.25, 0.3) is 0 Å². The lowest BCUT2D eigenvalue weighted by atomic mass is 10.1. The molecule has 1 unspecified atom stereocenters. The molecule has 1 aliphatic rings. The van der Waals surface area contributed by atoms with Gasteiger partial charge in [0.15, 0.2) is 0 Å². The average molecular weight is 485 g/mol. The Labute approximate surface area is 192 Å². The first kappa shape index (κ1) is 24.7. The second-order valence-corrected chi connectivity index (χ2v) is 8.79. The summed E-state index contributed by atoms with van der Waals surface area (Å²) < 4.78 is 46.1. The molecule has 0 radical (unpaired) electrons. The maximum absolute atomic E-state index is 12.3. The summed E-state index contributed by atoms with van der Waals surface area (Å²) in [5, 5.41) is 12.0. The summed E-state index contributed by atoms with van der Waals surface area (Å²) in [5.41, 5.74) is 1.15. The number of carbonyl (C=O) groups excluding carboxylic acids is 2. The molecule has 3 rings (SSSR count). The van der Waals surface area contributed by atoms with E-state index in [-0.39, 0.29) is 18.2 Å². The molecule has 2 aromatic carbocycles. The molecule has 0 bridgehead atoms. The largest absolute Gasteiger partial charge is 0.573 e. The lowest BCUT2D eigenvalue weighted by Crippen LogP contribution is -2.45. The molecule has 3 amide bonds. The van der Waals surface area contributed by atoms with Crippen LogP contribution in [0, 0.1) is 0 Å². The van der Waals surface area contributed by atoms with Crippen LogP contribution in [-0.2, 0) is 4.79 Å². The Balaban J connectivity index is 1.52. The van der Waals surface area contributed by atoms with Gasteiger partial charge in [0, 0.05) is 17.2 Å². The van der Waals surface area contributed by atoms with Crippen LogP contribution in [0.4, 0.5) is 18.0 Å². The molecular weight excluding hydrogens is 463 g/mol. The summed E-state index contributed by atoms with van der Waals surface area (Å²) in [6, 6.07) is 10.9. The van der Waals surface area contributed by atoms with Gasteiger partial charge >= 0.3 is 12.4 Å². The van der Waals surface area contributed by atoms with E-state index in [2.05, 4.69) is 15.5 Å². The molecule has 0 aliphatic carbocycles. The third kappa shape index (κ3) is 6.76. The second kappa shape index (κ2) is 9.89. The van der Waals surface area contributed by atoms with Crippen LogP contribution in [0.2, 0.25) is 0 Å². The van der Waals surface area contributed by atoms with Crippen LogP contribution in [0.1, 0.15) is 13.8 Å². The number of thioether (sulfide) groups is 1. The topological polar surface area (TPSA) is 100 Å². The van der Waals surface area contributed by atoms with E-state index in [1.165, 1.54) is 23.9 Å². The Morgan fingerprint density at radius 2 is 1.61 bits per heavy atom. The predicted molar refractivity (Wildman–Crippen MR) is 113 cm³/mol. The van der Waals surface area contributed by atoms with Gasteiger partial charge < -0.3 is 20.0 Å². The van der Waals surface area contributed by atoms with Gasteiger partial charge in [-0.2, -0.15) is 5.48 Å². The Bertz CT molecular complexity index is 984. The molecule has 1 saturated heterocycles. The molecule has 12 heteroatoms. The summed E-state index contributed by atoms with van der Waals surface area (Å²) in [6.45, 7) is 3.22. The molecule has 178 valence electrons. The highest BCUT2D eigenvalue weighted by Gasteiger charge is 2.44. The van der Waals surface area contributed by atoms with E-state index in [0.29, 0.717) is 17.3 Å². The fourth-order valence-corrected chi connectivity index (χ4v) is 3.88. The third-order valence-electron chi connectivity index (χ3n) is 4.60. The van der Waals surface area contributed by atoms with E-state index in [0.717, 1.165) is 21.9 Å². The van der Waals surface area contributed by atoms with Crippen LogP contribution in [-0.4, -0.2) is 52.3 Å². The van der Waals surface area contributed by atoms with Crippen molar-refractivity contribution in [1.29, 1.82) is 0 Å². The molecule has 33 heavy (non-hydrogen) atoms. The quantitative estimate of drug-likeness (QED) is 0.279. The summed E-state index contributed by atoms with van der Waals surface area (Å²) in [7, 11) is 0. The lowest BCUT2D eigenvalue weighted by molar-refractivity contribution is -0.274. The number of imide groups is 1. The number of rotatable bonds is 9. The van der Waals surface area contributed by atoms with Gasteiger partial charge in [0.1, 0.15) is 22.8 Å². The summed E-state index contributed by atoms with van der Waals surface area (Å²) >= 11 is 1.39. The number of urea groups is 1. The van der Waals surface area contributed by atoms with Crippen molar-refractivity contribution in [3.8, 4) is 17.2 Å². The van der Waals surface area contributed by atoms with Crippen molar-refractivity contribution in [2.75, 3.05) is 12.3 Å². The lowest BCUT2D eigenvalue weighted by Gasteiger charge is -2.21. The van der Waals surface area contributed by atoms with Crippen molar-refractivity contribution in [3.05, 3.63) is 48.5 Å². The van der Waals surface area contributed by atoms with Crippen molar-refractivity contribution in [1.82, 2.24) is 15.7 Å². The number of ether oxygens (including phenoxy) is 2. The average Bonchev–Trinajstić information content (AvgIpc) is 2.93. The number of nitrogens with one attached hydrogen (secondary N) is 2. The number of carbonyl (C=O) groups is 2. The van der Waals surface area contributed by atoms with E-state index in [1.54, 1.807) is 38.1 Å². The molecule has 0 aromatic heterocycles. The van der Waals surface area contributed by atoms with Gasteiger partial charge in [0.25, 0.3) is 5.91 Å². The highest BCUT2D eigenvalue weighted by Crippen LogP contribution is 2.29. The summed E-state index contributed by atoms with van der Waals surface area (Å²) in [5.74, 6) is 0.477. The van der Waals surface area contributed by atoms with Crippen LogP contribution in [0.5, 0.6) is 17.2 Å². The zero-order chi connectivity index (χ0) is 24.2. The van der Waals surface area contributed by atoms with Gasteiger partial charge in [-0.05, 0) is 62.4 Å². The minimum absolute atomic E-state index is 0.00679. The Hall–Kier alpha value is -2.96. The standard InChI is InChI=1S/C21H22F3N3O5S/c1-20(2)18(28)27(19(29)25-20)11-13(26-30)12-33-17-9-7-15(8-10-17)31-14-3-5-16(6-4-14)32-21(22,23)24/h3-10,13,26,30H,11-12H2,1-2H3,(H,25,29). The summed E-state index contributed by atoms with van der Waals surface area (Å²) in [4.78, 5) is 26.2.